The van der Waals surface area contributed by atoms with Crippen LogP contribution >= 0.6 is 11.6 Å². The van der Waals surface area contributed by atoms with E-state index in [0.29, 0.717) is 6.04 Å². The van der Waals surface area contributed by atoms with Crippen molar-refractivity contribution in [2.24, 2.45) is 5.92 Å². The molecule has 1 heterocycles. The Morgan fingerprint density at radius 3 is 2.81 bits per heavy atom. The van der Waals surface area contributed by atoms with E-state index >= 15 is 0 Å². The van der Waals surface area contributed by atoms with Gasteiger partial charge in [0.15, 0.2) is 0 Å². The summed E-state index contributed by atoms with van der Waals surface area (Å²) in [6.07, 6.45) is 6.36. The first-order valence-electron chi connectivity index (χ1n) is 8.51. The van der Waals surface area contributed by atoms with Crippen molar-refractivity contribution < 1.29 is 0 Å². The summed E-state index contributed by atoms with van der Waals surface area (Å²) in [4.78, 5) is 2.75. The average molecular weight is 307 g/mol. The molecule has 0 aromatic heterocycles. The Hall–Kier alpha value is -0.570. The second kappa shape index (κ2) is 7.13. The van der Waals surface area contributed by atoms with Crippen molar-refractivity contribution in [3.05, 3.63) is 34.3 Å². The molecule has 2 nitrogen and oxygen atoms in total. The molecule has 3 heteroatoms. The van der Waals surface area contributed by atoms with Gasteiger partial charge in [-0.05, 0) is 80.9 Å². The third kappa shape index (κ3) is 3.61. The van der Waals surface area contributed by atoms with Crippen LogP contribution in [0.3, 0.4) is 0 Å². The van der Waals surface area contributed by atoms with Gasteiger partial charge >= 0.3 is 0 Å². The van der Waals surface area contributed by atoms with E-state index in [0.717, 1.165) is 10.9 Å². The van der Waals surface area contributed by atoms with E-state index in [2.05, 4.69) is 35.3 Å². The second-order valence-corrected chi connectivity index (χ2v) is 7.02. The first-order chi connectivity index (χ1) is 10.3. The molecule has 1 aromatic rings. The molecule has 1 fully saturated rings. The van der Waals surface area contributed by atoms with Gasteiger partial charge in [-0.15, -0.1) is 0 Å². The molecule has 0 amide bonds. The number of benzene rings is 1. The van der Waals surface area contributed by atoms with Crippen molar-refractivity contribution in [1.82, 2.24) is 10.2 Å². The van der Waals surface area contributed by atoms with Crippen molar-refractivity contribution in [3.8, 4) is 0 Å². The van der Waals surface area contributed by atoms with Crippen LogP contribution in [0.25, 0.3) is 0 Å². The highest BCUT2D eigenvalue weighted by atomic mass is 35.5. The first-order valence-corrected chi connectivity index (χ1v) is 8.89. The van der Waals surface area contributed by atoms with E-state index in [1.807, 2.05) is 0 Å². The van der Waals surface area contributed by atoms with Crippen LogP contribution in [0.2, 0.25) is 5.02 Å². The van der Waals surface area contributed by atoms with Gasteiger partial charge in [0.2, 0.25) is 0 Å². The number of aryl methyl sites for hydroxylation is 1. The van der Waals surface area contributed by atoms with Crippen LogP contribution in [0.1, 0.15) is 49.8 Å². The molecule has 0 spiro atoms. The van der Waals surface area contributed by atoms with Crippen LogP contribution in [-0.2, 0) is 6.42 Å². The minimum absolute atomic E-state index is 0.618. The van der Waals surface area contributed by atoms with Crippen LogP contribution in [0.4, 0.5) is 0 Å². The number of rotatable bonds is 5. The summed E-state index contributed by atoms with van der Waals surface area (Å²) in [5.74, 6) is 0.870. The lowest BCUT2D eigenvalue weighted by atomic mass is 9.96. The van der Waals surface area contributed by atoms with Gasteiger partial charge < -0.3 is 5.32 Å². The standard InChI is InChI=1S/C18H27ClN2/c1-2-11-21(13-14-7-9-20-10-8-14)18-6-3-15-12-16(19)4-5-17(15)18/h4-5,12,14,18,20H,2-3,6-11,13H2,1H3. The maximum Gasteiger partial charge on any atom is 0.0408 e. The number of nitrogens with one attached hydrogen (secondary N) is 1. The molecule has 0 saturated carbocycles. The Labute approximate surface area is 133 Å². The van der Waals surface area contributed by atoms with E-state index < -0.39 is 0 Å². The third-order valence-corrected chi connectivity index (χ3v) is 5.29. The maximum absolute atomic E-state index is 6.15. The number of hydrogen-bond donors (Lipinski definition) is 1. The average Bonchev–Trinajstić information content (AvgIpc) is 2.90. The highest BCUT2D eigenvalue weighted by Gasteiger charge is 2.29. The zero-order chi connectivity index (χ0) is 14.7. The Bertz CT molecular complexity index is 468. The summed E-state index contributed by atoms with van der Waals surface area (Å²) < 4.78 is 0. The zero-order valence-corrected chi connectivity index (χ0v) is 13.8. The molecule has 0 bridgehead atoms. The lowest BCUT2D eigenvalue weighted by Crippen LogP contribution is -2.38. The van der Waals surface area contributed by atoms with E-state index in [9.17, 15) is 0 Å². The lowest BCUT2D eigenvalue weighted by molar-refractivity contribution is 0.151. The number of nitrogens with zero attached hydrogens (tertiary/aromatic N) is 1. The van der Waals surface area contributed by atoms with E-state index in [4.69, 9.17) is 11.6 Å². The number of fused-ring (bicyclic) bond motifs is 1. The van der Waals surface area contributed by atoms with E-state index in [1.54, 1.807) is 0 Å². The summed E-state index contributed by atoms with van der Waals surface area (Å²) in [6.45, 7) is 7.18. The molecule has 21 heavy (non-hydrogen) atoms. The molecule has 0 radical (unpaired) electrons. The maximum atomic E-state index is 6.15. The number of piperidine rings is 1. The predicted octanol–water partition coefficient (Wildman–Crippen LogP) is 4.04. The topological polar surface area (TPSA) is 15.3 Å². The SMILES string of the molecule is CCCN(CC1CCNCC1)C1CCc2cc(Cl)ccc21. The van der Waals surface area contributed by atoms with Gasteiger partial charge in [-0.2, -0.15) is 0 Å². The fourth-order valence-electron chi connectivity index (χ4n) is 4.00. The summed E-state index contributed by atoms with van der Waals surface area (Å²) in [6, 6.07) is 7.12. The largest absolute Gasteiger partial charge is 0.317 e. The fraction of sp³-hybridized carbons (Fsp3) is 0.667. The molecule has 1 N–H and O–H groups in total. The summed E-state index contributed by atoms with van der Waals surface area (Å²) in [5.41, 5.74) is 3.00. The lowest BCUT2D eigenvalue weighted by Gasteiger charge is -2.34. The predicted molar refractivity (Wildman–Crippen MR) is 90.0 cm³/mol. The van der Waals surface area contributed by atoms with Gasteiger partial charge in [0.05, 0.1) is 0 Å². The monoisotopic (exact) mass is 306 g/mol. The molecular formula is C18H27ClN2. The third-order valence-electron chi connectivity index (χ3n) is 5.05. The Morgan fingerprint density at radius 2 is 2.05 bits per heavy atom. The highest BCUT2D eigenvalue weighted by Crippen LogP contribution is 2.37. The molecule has 1 unspecified atom stereocenters. The smallest absolute Gasteiger partial charge is 0.0408 e. The molecule has 1 aliphatic heterocycles. The summed E-state index contributed by atoms with van der Waals surface area (Å²) in [5, 5.41) is 4.36. The van der Waals surface area contributed by atoms with Gasteiger partial charge in [-0.25, -0.2) is 0 Å². The highest BCUT2D eigenvalue weighted by molar-refractivity contribution is 6.30. The Balaban J connectivity index is 1.72. The van der Waals surface area contributed by atoms with Gasteiger partial charge in [0, 0.05) is 17.6 Å². The van der Waals surface area contributed by atoms with Crippen LogP contribution in [-0.4, -0.2) is 31.1 Å². The fourth-order valence-corrected chi connectivity index (χ4v) is 4.20. The normalized spacial score (nSPS) is 22.7. The van der Waals surface area contributed by atoms with Gasteiger partial charge in [-0.3, -0.25) is 4.90 Å². The van der Waals surface area contributed by atoms with E-state index in [1.165, 1.54) is 69.4 Å². The summed E-state index contributed by atoms with van der Waals surface area (Å²) in [7, 11) is 0. The molecule has 1 aliphatic carbocycles. The van der Waals surface area contributed by atoms with Gasteiger partial charge in [0.25, 0.3) is 0 Å². The summed E-state index contributed by atoms with van der Waals surface area (Å²) >= 11 is 6.15. The van der Waals surface area contributed by atoms with Crippen LogP contribution < -0.4 is 5.32 Å². The minimum Gasteiger partial charge on any atom is -0.317 e. The molecule has 116 valence electrons. The Kier molecular flexibility index (Phi) is 5.20. The van der Waals surface area contributed by atoms with Crippen LogP contribution in [0.15, 0.2) is 18.2 Å². The molecule has 1 atom stereocenters. The van der Waals surface area contributed by atoms with Crippen molar-refractivity contribution in [2.75, 3.05) is 26.2 Å². The Morgan fingerprint density at radius 1 is 1.24 bits per heavy atom. The molecule has 3 rings (SSSR count). The van der Waals surface area contributed by atoms with Crippen LogP contribution in [0, 0.1) is 5.92 Å². The molecular weight excluding hydrogens is 280 g/mol. The van der Waals surface area contributed by atoms with Crippen molar-refractivity contribution >= 4 is 11.6 Å². The first kappa shape index (κ1) is 15.3. The zero-order valence-electron chi connectivity index (χ0n) is 13.1. The number of halogens is 1. The van der Waals surface area contributed by atoms with Crippen molar-refractivity contribution in [1.29, 1.82) is 0 Å². The quantitative estimate of drug-likeness (QED) is 0.883. The van der Waals surface area contributed by atoms with Crippen molar-refractivity contribution in [3.63, 3.8) is 0 Å². The minimum atomic E-state index is 0.618. The van der Waals surface area contributed by atoms with Gasteiger partial charge in [0.1, 0.15) is 0 Å². The molecule has 1 aromatic carbocycles. The number of hydrogen-bond acceptors (Lipinski definition) is 2. The van der Waals surface area contributed by atoms with Crippen LogP contribution in [0.5, 0.6) is 0 Å². The van der Waals surface area contributed by atoms with Gasteiger partial charge in [-0.1, -0.05) is 24.6 Å². The van der Waals surface area contributed by atoms with E-state index in [-0.39, 0.29) is 0 Å². The second-order valence-electron chi connectivity index (χ2n) is 6.59. The molecule has 2 aliphatic rings. The van der Waals surface area contributed by atoms with Crippen molar-refractivity contribution in [2.45, 2.75) is 45.1 Å². The molecule has 1 saturated heterocycles.